The van der Waals surface area contributed by atoms with Crippen molar-refractivity contribution in [3.63, 3.8) is 0 Å². The third-order valence-electron chi connectivity index (χ3n) is 1.98. The van der Waals surface area contributed by atoms with Crippen LogP contribution < -0.4 is 5.32 Å². The van der Waals surface area contributed by atoms with E-state index in [-0.39, 0.29) is 10.7 Å². The number of anilines is 1. The van der Waals surface area contributed by atoms with Gasteiger partial charge in [-0.2, -0.15) is 0 Å². The number of rotatable bonds is 3. The Morgan fingerprint density at radius 3 is 2.86 bits per heavy atom. The van der Waals surface area contributed by atoms with Crippen molar-refractivity contribution >= 4 is 23.4 Å². The van der Waals surface area contributed by atoms with Gasteiger partial charge >= 0.3 is 5.97 Å². The molecular weight excluding hydrogens is 204 g/mol. The van der Waals surface area contributed by atoms with E-state index in [1.165, 1.54) is 0 Å². The first-order valence-corrected chi connectivity index (χ1v) is 4.71. The van der Waals surface area contributed by atoms with Crippen molar-refractivity contribution in [3.8, 4) is 0 Å². The number of nitrogens with one attached hydrogen (secondary N) is 1. The van der Waals surface area contributed by atoms with Gasteiger partial charge in [-0.3, -0.25) is 0 Å². The van der Waals surface area contributed by atoms with Gasteiger partial charge in [0.15, 0.2) is 5.69 Å². The van der Waals surface area contributed by atoms with E-state index in [4.69, 9.17) is 16.7 Å². The lowest BCUT2D eigenvalue weighted by molar-refractivity contribution is 0.0691. The molecule has 1 saturated carbocycles. The van der Waals surface area contributed by atoms with Crippen LogP contribution in [0.4, 0.5) is 5.82 Å². The van der Waals surface area contributed by atoms with Gasteiger partial charge in [0.05, 0.1) is 5.02 Å². The molecule has 0 atom stereocenters. The van der Waals surface area contributed by atoms with Crippen LogP contribution in [0.5, 0.6) is 0 Å². The van der Waals surface area contributed by atoms with Gasteiger partial charge in [0, 0.05) is 6.04 Å². The van der Waals surface area contributed by atoms with Crippen molar-refractivity contribution in [2.45, 2.75) is 18.9 Å². The highest BCUT2D eigenvalue weighted by molar-refractivity contribution is 6.33. The molecule has 0 bridgehead atoms. The van der Waals surface area contributed by atoms with Crippen LogP contribution in [-0.4, -0.2) is 22.1 Å². The van der Waals surface area contributed by atoms with Gasteiger partial charge in [-0.25, -0.2) is 9.78 Å². The smallest absolute Gasteiger partial charge is 0.356 e. The normalized spacial score (nSPS) is 15.2. The lowest BCUT2D eigenvalue weighted by Crippen LogP contribution is -2.07. The molecule has 0 aromatic carbocycles. The molecule has 0 radical (unpaired) electrons. The fourth-order valence-corrected chi connectivity index (χ4v) is 1.30. The summed E-state index contributed by atoms with van der Waals surface area (Å²) in [6.45, 7) is 0. The Morgan fingerprint density at radius 1 is 1.57 bits per heavy atom. The van der Waals surface area contributed by atoms with E-state index >= 15 is 0 Å². The summed E-state index contributed by atoms with van der Waals surface area (Å²) in [5, 5.41) is 12.0. The topological polar surface area (TPSA) is 62.2 Å². The molecule has 1 aliphatic rings. The van der Waals surface area contributed by atoms with Gasteiger partial charge in [-0.05, 0) is 25.0 Å². The molecule has 1 aromatic rings. The Labute approximate surface area is 85.9 Å². The first-order chi connectivity index (χ1) is 6.66. The molecule has 1 aromatic heterocycles. The van der Waals surface area contributed by atoms with Gasteiger partial charge in [-0.1, -0.05) is 11.6 Å². The molecule has 0 aliphatic heterocycles. The average molecular weight is 213 g/mol. The van der Waals surface area contributed by atoms with Gasteiger partial charge in [-0.15, -0.1) is 0 Å². The number of pyridine rings is 1. The van der Waals surface area contributed by atoms with Gasteiger partial charge < -0.3 is 10.4 Å². The summed E-state index contributed by atoms with van der Waals surface area (Å²) in [5.41, 5.74) is -0.0997. The Hall–Kier alpha value is -1.29. The Balaban J connectivity index is 2.24. The van der Waals surface area contributed by atoms with E-state index in [9.17, 15) is 4.79 Å². The van der Waals surface area contributed by atoms with Gasteiger partial charge in [0.2, 0.25) is 0 Å². The summed E-state index contributed by atoms with van der Waals surface area (Å²) < 4.78 is 0. The molecule has 5 heteroatoms. The fourth-order valence-electron chi connectivity index (χ4n) is 1.11. The molecule has 1 heterocycles. The first-order valence-electron chi connectivity index (χ1n) is 4.33. The minimum absolute atomic E-state index is 0.0997. The second kappa shape index (κ2) is 3.46. The number of hydrogen-bond acceptors (Lipinski definition) is 3. The van der Waals surface area contributed by atoms with Crippen LogP contribution >= 0.6 is 11.6 Å². The van der Waals surface area contributed by atoms with Crippen molar-refractivity contribution in [2.24, 2.45) is 0 Å². The molecule has 0 unspecified atom stereocenters. The molecule has 0 amide bonds. The fraction of sp³-hybridized carbons (Fsp3) is 0.333. The maximum Gasteiger partial charge on any atom is 0.356 e. The van der Waals surface area contributed by atoms with Crippen LogP contribution in [0, 0.1) is 0 Å². The lowest BCUT2D eigenvalue weighted by Gasteiger charge is -2.04. The summed E-state index contributed by atoms with van der Waals surface area (Å²) in [7, 11) is 0. The van der Waals surface area contributed by atoms with Crippen LogP contribution in [-0.2, 0) is 0 Å². The number of carbonyl (C=O) groups is 1. The van der Waals surface area contributed by atoms with E-state index in [1.54, 1.807) is 12.1 Å². The highest BCUT2D eigenvalue weighted by Crippen LogP contribution is 2.25. The van der Waals surface area contributed by atoms with Crippen LogP contribution in [0.3, 0.4) is 0 Å². The minimum Gasteiger partial charge on any atom is -0.476 e. The highest BCUT2D eigenvalue weighted by Gasteiger charge is 2.22. The molecule has 1 fully saturated rings. The van der Waals surface area contributed by atoms with Crippen molar-refractivity contribution in [1.82, 2.24) is 4.98 Å². The standard InChI is InChI=1S/C9H9ClN2O2/c10-6-3-4-7(11-5-1-2-5)12-8(6)9(13)14/h3-5H,1-2H2,(H,11,12)(H,13,14). The monoisotopic (exact) mass is 212 g/mol. The second-order valence-electron chi connectivity index (χ2n) is 3.25. The summed E-state index contributed by atoms with van der Waals surface area (Å²) >= 11 is 5.67. The lowest BCUT2D eigenvalue weighted by atomic mass is 10.3. The molecule has 14 heavy (non-hydrogen) atoms. The molecule has 0 spiro atoms. The number of nitrogens with zero attached hydrogens (tertiary/aromatic N) is 1. The Morgan fingerprint density at radius 2 is 2.29 bits per heavy atom. The number of carboxylic acids is 1. The number of aromatic carboxylic acids is 1. The van der Waals surface area contributed by atoms with Gasteiger partial charge in [0.25, 0.3) is 0 Å². The zero-order valence-electron chi connectivity index (χ0n) is 7.33. The molecule has 2 rings (SSSR count). The summed E-state index contributed by atoms with van der Waals surface area (Å²) in [5.74, 6) is -0.524. The second-order valence-corrected chi connectivity index (χ2v) is 3.66. The average Bonchev–Trinajstić information content (AvgIpc) is 2.92. The number of halogens is 1. The SMILES string of the molecule is O=C(O)c1nc(NC2CC2)ccc1Cl. The van der Waals surface area contributed by atoms with Crippen molar-refractivity contribution < 1.29 is 9.90 Å². The number of carboxylic acid groups (broad SMARTS) is 1. The summed E-state index contributed by atoms with van der Waals surface area (Å²) in [6.07, 6.45) is 2.24. The highest BCUT2D eigenvalue weighted by atomic mass is 35.5. The largest absolute Gasteiger partial charge is 0.476 e. The molecule has 1 aliphatic carbocycles. The molecule has 74 valence electrons. The zero-order chi connectivity index (χ0) is 10.1. The van der Waals surface area contributed by atoms with Crippen molar-refractivity contribution in [3.05, 3.63) is 22.8 Å². The van der Waals surface area contributed by atoms with E-state index in [0.717, 1.165) is 12.8 Å². The number of aromatic nitrogens is 1. The molecule has 2 N–H and O–H groups in total. The van der Waals surface area contributed by atoms with Crippen LogP contribution in [0.2, 0.25) is 5.02 Å². The maximum absolute atomic E-state index is 10.7. The first kappa shape index (κ1) is 9.27. The maximum atomic E-state index is 10.7. The quantitative estimate of drug-likeness (QED) is 0.805. The number of hydrogen-bond donors (Lipinski definition) is 2. The predicted octanol–water partition coefficient (Wildman–Crippen LogP) is 2.01. The summed E-state index contributed by atoms with van der Waals surface area (Å²) in [4.78, 5) is 14.6. The van der Waals surface area contributed by atoms with Gasteiger partial charge in [0.1, 0.15) is 5.82 Å². The van der Waals surface area contributed by atoms with E-state index in [0.29, 0.717) is 11.9 Å². The van der Waals surface area contributed by atoms with Crippen LogP contribution in [0.15, 0.2) is 12.1 Å². The third-order valence-corrected chi connectivity index (χ3v) is 2.28. The van der Waals surface area contributed by atoms with E-state index < -0.39 is 5.97 Å². The van der Waals surface area contributed by atoms with E-state index in [1.807, 2.05) is 0 Å². The van der Waals surface area contributed by atoms with E-state index in [2.05, 4.69) is 10.3 Å². The Bertz CT molecular complexity index is 377. The van der Waals surface area contributed by atoms with Crippen molar-refractivity contribution in [2.75, 3.05) is 5.32 Å². The van der Waals surface area contributed by atoms with Crippen LogP contribution in [0.25, 0.3) is 0 Å². The Kier molecular flexibility index (Phi) is 2.29. The predicted molar refractivity (Wildman–Crippen MR) is 52.9 cm³/mol. The minimum atomic E-state index is -1.10. The molecular formula is C9H9ClN2O2. The zero-order valence-corrected chi connectivity index (χ0v) is 8.08. The molecule has 4 nitrogen and oxygen atoms in total. The van der Waals surface area contributed by atoms with Crippen LogP contribution in [0.1, 0.15) is 23.3 Å². The third kappa shape index (κ3) is 1.96. The summed E-state index contributed by atoms with van der Waals surface area (Å²) in [6, 6.07) is 3.68. The molecule has 0 saturated heterocycles. The van der Waals surface area contributed by atoms with Crippen molar-refractivity contribution in [1.29, 1.82) is 0 Å².